The molecule has 0 saturated heterocycles. The van der Waals surface area contributed by atoms with Gasteiger partial charge in [-0.25, -0.2) is 0 Å². The van der Waals surface area contributed by atoms with Crippen LogP contribution >= 0.6 is 0 Å². The third-order valence-electron chi connectivity index (χ3n) is 0.781. The summed E-state index contributed by atoms with van der Waals surface area (Å²) in [6.45, 7) is 15.9. The summed E-state index contributed by atoms with van der Waals surface area (Å²) in [7, 11) is 0. The van der Waals surface area contributed by atoms with E-state index in [1.54, 1.807) is 0 Å². The van der Waals surface area contributed by atoms with E-state index in [0.717, 1.165) is 12.3 Å². The maximum absolute atomic E-state index is 3.73. The second kappa shape index (κ2) is 13.7. The van der Waals surface area contributed by atoms with Crippen LogP contribution in [0.3, 0.4) is 0 Å². The number of rotatable bonds is 2. The third-order valence-corrected chi connectivity index (χ3v) is 0.781. The molecule has 0 nitrogen and oxygen atoms in total. The average Bonchev–Trinajstić information content (AvgIpc) is 1.62. The van der Waals surface area contributed by atoms with Crippen molar-refractivity contribution < 1.29 is 32.7 Å². The van der Waals surface area contributed by atoms with Crippen LogP contribution in [0.25, 0.3) is 0 Å². The van der Waals surface area contributed by atoms with Crippen molar-refractivity contribution in [3.63, 3.8) is 0 Å². The molecule has 0 aliphatic carbocycles. The predicted molar refractivity (Wildman–Crippen MR) is 49.6 cm³/mol. The van der Waals surface area contributed by atoms with Gasteiger partial charge < -0.3 is 13.8 Å². The van der Waals surface area contributed by atoms with Crippen LogP contribution in [0.4, 0.5) is 0 Å². The van der Waals surface area contributed by atoms with Crippen LogP contribution in [0, 0.1) is 25.7 Å². The zero-order chi connectivity index (χ0) is 8.57. The van der Waals surface area contributed by atoms with Gasteiger partial charge in [0.25, 0.3) is 0 Å². The first-order chi connectivity index (χ1) is 4.50. The minimum Gasteiger partial charge on any atom is -0.343 e. The molecule has 1 radical (unpaired) electrons. The molecule has 0 aliphatic heterocycles. The SMILES string of the molecule is [CH2-]C(C)C.[CH2-]CCC(C)C.[Y]. The Hall–Kier alpha value is 1.10. The van der Waals surface area contributed by atoms with Crippen molar-refractivity contribution in [2.24, 2.45) is 11.8 Å². The van der Waals surface area contributed by atoms with Gasteiger partial charge in [-0.2, -0.15) is 12.3 Å². The van der Waals surface area contributed by atoms with Crippen LogP contribution < -0.4 is 0 Å². The molecule has 0 unspecified atom stereocenters. The zero-order valence-corrected chi connectivity index (χ0v) is 11.4. The van der Waals surface area contributed by atoms with Gasteiger partial charge in [-0.15, -0.1) is 0 Å². The first kappa shape index (κ1) is 18.0. The molecule has 0 aliphatic rings. The van der Waals surface area contributed by atoms with E-state index in [0.29, 0.717) is 5.92 Å². The Labute approximate surface area is 98.4 Å². The summed E-state index contributed by atoms with van der Waals surface area (Å²) in [5.41, 5.74) is 0. The fourth-order valence-electron chi connectivity index (χ4n) is 0.408. The van der Waals surface area contributed by atoms with Gasteiger partial charge >= 0.3 is 0 Å². The van der Waals surface area contributed by atoms with Gasteiger partial charge in [0, 0.05) is 32.7 Å². The third kappa shape index (κ3) is 54.6. The summed E-state index contributed by atoms with van der Waals surface area (Å²) in [4.78, 5) is 0. The van der Waals surface area contributed by atoms with Crippen molar-refractivity contribution in [3.05, 3.63) is 13.8 Å². The first-order valence-corrected chi connectivity index (χ1v) is 4.13. The largest absolute Gasteiger partial charge is 0.343 e. The molecule has 1 heteroatoms. The van der Waals surface area contributed by atoms with E-state index in [4.69, 9.17) is 0 Å². The Bertz CT molecular complexity index is 46.1. The van der Waals surface area contributed by atoms with Crippen LogP contribution in [0.5, 0.6) is 0 Å². The van der Waals surface area contributed by atoms with E-state index in [9.17, 15) is 0 Å². The maximum atomic E-state index is 3.73. The number of hydrogen-bond donors (Lipinski definition) is 0. The monoisotopic (exact) mass is 231 g/mol. The summed E-state index contributed by atoms with van der Waals surface area (Å²) in [5.74, 6) is 1.42. The minimum atomic E-state index is 0. The smallest absolute Gasteiger partial charge is 0 e. The molecule has 0 saturated carbocycles. The fraction of sp³-hybridized carbons (Fsp3) is 0.800. The molecule has 0 atom stereocenters. The van der Waals surface area contributed by atoms with E-state index < -0.39 is 0 Å². The Morgan fingerprint density at radius 2 is 1.36 bits per heavy atom. The molecule has 0 heterocycles. The second-order valence-electron chi connectivity index (χ2n) is 3.43. The quantitative estimate of drug-likeness (QED) is 0.635. The van der Waals surface area contributed by atoms with Gasteiger partial charge in [-0.1, -0.05) is 34.1 Å². The van der Waals surface area contributed by atoms with E-state index in [2.05, 4.69) is 41.5 Å². The van der Waals surface area contributed by atoms with Crippen LogP contribution in [0.1, 0.15) is 40.5 Å². The van der Waals surface area contributed by atoms with Gasteiger partial charge in [-0.05, 0) is 5.92 Å². The molecule has 0 aromatic carbocycles. The summed E-state index contributed by atoms with van der Waals surface area (Å²) in [5, 5.41) is 0. The zero-order valence-electron chi connectivity index (χ0n) is 8.56. The molecule has 0 N–H and O–H groups in total. The summed E-state index contributed by atoms with van der Waals surface area (Å²) < 4.78 is 0. The Kier molecular flexibility index (Phi) is 22.4. The van der Waals surface area contributed by atoms with Crippen LogP contribution in [0.15, 0.2) is 0 Å². The minimum absolute atomic E-state index is 0. The molecule has 0 spiro atoms. The van der Waals surface area contributed by atoms with E-state index in [1.165, 1.54) is 6.42 Å². The molecule has 0 amide bonds. The van der Waals surface area contributed by atoms with Gasteiger partial charge in [0.2, 0.25) is 0 Å². The second-order valence-corrected chi connectivity index (χ2v) is 3.43. The Morgan fingerprint density at radius 3 is 1.36 bits per heavy atom. The number of hydrogen-bond acceptors (Lipinski definition) is 0. The molecule has 11 heavy (non-hydrogen) atoms. The average molecular weight is 231 g/mol. The van der Waals surface area contributed by atoms with Gasteiger partial charge in [0.05, 0.1) is 0 Å². The van der Waals surface area contributed by atoms with E-state index in [1.807, 2.05) is 0 Å². The fourth-order valence-corrected chi connectivity index (χ4v) is 0.408. The van der Waals surface area contributed by atoms with E-state index >= 15 is 0 Å². The van der Waals surface area contributed by atoms with Crippen LogP contribution in [-0.2, 0) is 32.7 Å². The Balaban J connectivity index is -0.000000114. The summed E-state index contributed by atoms with van der Waals surface area (Å²) in [6.07, 6.45) is 2.34. The van der Waals surface area contributed by atoms with Crippen molar-refractivity contribution in [1.82, 2.24) is 0 Å². The topological polar surface area (TPSA) is 0 Å². The molecule has 0 bridgehead atoms. The molecule has 0 fully saturated rings. The van der Waals surface area contributed by atoms with Gasteiger partial charge in [0.15, 0.2) is 0 Å². The summed E-state index contributed by atoms with van der Waals surface area (Å²) >= 11 is 0. The van der Waals surface area contributed by atoms with Crippen molar-refractivity contribution in [1.29, 1.82) is 0 Å². The van der Waals surface area contributed by atoms with Crippen LogP contribution in [0.2, 0.25) is 0 Å². The maximum Gasteiger partial charge on any atom is 0 e. The van der Waals surface area contributed by atoms with Gasteiger partial charge in [-0.3, -0.25) is 0 Å². The van der Waals surface area contributed by atoms with E-state index in [-0.39, 0.29) is 32.7 Å². The molecule has 0 rings (SSSR count). The standard InChI is InChI=1S/C6H13.C4H9.Y/c1-4-5-6(2)3;1-4(2)3;/h6H,1,4-5H2,2-3H3;4H,1H2,2-3H3;/q2*-1;. The van der Waals surface area contributed by atoms with Gasteiger partial charge in [0.1, 0.15) is 0 Å². The van der Waals surface area contributed by atoms with Crippen molar-refractivity contribution in [3.8, 4) is 0 Å². The molecular weight excluding hydrogens is 209 g/mol. The van der Waals surface area contributed by atoms with Crippen molar-refractivity contribution in [2.75, 3.05) is 0 Å². The molecule has 0 aromatic rings. The summed E-state index contributed by atoms with van der Waals surface area (Å²) in [6, 6.07) is 0. The van der Waals surface area contributed by atoms with Crippen LogP contribution in [-0.4, -0.2) is 0 Å². The molecule has 0 aromatic heterocycles. The van der Waals surface area contributed by atoms with Crippen molar-refractivity contribution >= 4 is 0 Å². The van der Waals surface area contributed by atoms with Crippen molar-refractivity contribution in [2.45, 2.75) is 40.5 Å². The Morgan fingerprint density at radius 1 is 1.09 bits per heavy atom. The predicted octanol–water partition coefficient (Wildman–Crippen LogP) is 3.73. The molecular formula is C10H22Y-2. The first-order valence-electron chi connectivity index (χ1n) is 4.13. The molecule has 67 valence electrons. The normalized spacial score (nSPS) is 8.73.